The zero-order chi connectivity index (χ0) is 22.7. The highest BCUT2D eigenvalue weighted by Gasteiger charge is 2.17. The monoisotopic (exact) mass is 506 g/mol. The van der Waals surface area contributed by atoms with Crippen molar-refractivity contribution < 1.29 is 4.79 Å². The fourth-order valence-corrected chi connectivity index (χ4v) is 4.57. The summed E-state index contributed by atoms with van der Waals surface area (Å²) in [6, 6.07) is 22.2. The number of hydrogen-bond acceptors (Lipinski definition) is 4. The zero-order valence-electron chi connectivity index (χ0n) is 18.1. The molecule has 0 atom stereocenters. The molecular weight excluding hydrogens is 484 g/mol. The Bertz CT molecular complexity index is 1270. The average Bonchev–Trinajstić information content (AvgIpc) is 3.19. The van der Waals surface area contributed by atoms with Crippen LogP contribution in [0.4, 0.5) is 5.69 Å². The van der Waals surface area contributed by atoms with Gasteiger partial charge in [-0.25, -0.2) is 0 Å². The molecule has 32 heavy (non-hydrogen) atoms. The molecule has 0 saturated carbocycles. The lowest BCUT2D eigenvalue weighted by atomic mass is 10.1. The van der Waals surface area contributed by atoms with E-state index < -0.39 is 0 Å². The van der Waals surface area contributed by atoms with Crippen LogP contribution in [0.2, 0.25) is 0 Å². The van der Waals surface area contributed by atoms with Gasteiger partial charge in [0, 0.05) is 21.4 Å². The summed E-state index contributed by atoms with van der Waals surface area (Å²) in [7, 11) is 0. The highest BCUT2D eigenvalue weighted by molar-refractivity contribution is 9.10. The molecule has 4 aromatic rings. The third-order valence-corrected chi connectivity index (χ3v) is 6.42. The summed E-state index contributed by atoms with van der Waals surface area (Å²) in [5.41, 5.74) is 6.09. The molecule has 0 fully saturated rings. The largest absolute Gasteiger partial charge is 0.325 e. The van der Waals surface area contributed by atoms with Gasteiger partial charge in [-0.3, -0.25) is 9.36 Å². The number of halogens is 1. The van der Waals surface area contributed by atoms with Crippen LogP contribution in [0.25, 0.3) is 17.1 Å². The number of anilines is 1. The minimum absolute atomic E-state index is 0.0871. The fraction of sp³-hybridized carbons (Fsp3) is 0.160. The molecule has 0 spiro atoms. The molecule has 1 aromatic heterocycles. The Labute approximate surface area is 200 Å². The van der Waals surface area contributed by atoms with Gasteiger partial charge in [0.05, 0.1) is 5.75 Å². The molecule has 0 aliphatic carbocycles. The molecule has 4 rings (SSSR count). The maximum Gasteiger partial charge on any atom is 0.234 e. The minimum Gasteiger partial charge on any atom is -0.325 e. The van der Waals surface area contributed by atoms with E-state index in [0.717, 1.165) is 38.4 Å². The number of benzene rings is 3. The van der Waals surface area contributed by atoms with Crippen LogP contribution in [0.1, 0.15) is 16.7 Å². The van der Waals surface area contributed by atoms with Crippen LogP contribution in [0.3, 0.4) is 0 Å². The van der Waals surface area contributed by atoms with Crippen molar-refractivity contribution >= 4 is 39.3 Å². The van der Waals surface area contributed by atoms with Crippen LogP contribution in [0, 0.1) is 20.8 Å². The Hall–Kier alpha value is -2.90. The van der Waals surface area contributed by atoms with Gasteiger partial charge >= 0.3 is 0 Å². The molecule has 0 unspecified atom stereocenters. The van der Waals surface area contributed by atoms with E-state index in [1.807, 2.05) is 54.0 Å². The summed E-state index contributed by atoms with van der Waals surface area (Å²) < 4.78 is 2.99. The third-order valence-electron chi connectivity index (χ3n) is 5.00. The number of thioether (sulfide) groups is 1. The number of carbonyl (C=O) groups excluding carboxylic acids is 1. The minimum atomic E-state index is -0.0871. The van der Waals surface area contributed by atoms with Crippen molar-refractivity contribution in [3.05, 3.63) is 87.9 Å². The van der Waals surface area contributed by atoms with E-state index in [9.17, 15) is 4.79 Å². The lowest BCUT2D eigenvalue weighted by molar-refractivity contribution is -0.113. The van der Waals surface area contributed by atoms with E-state index in [1.54, 1.807) is 0 Å². The summed E-state index contributed by atoms with van der Waals surface area (Å²) >= 11 is 4.82. The van der Waals surface area contributed by atoms with Crippen molar-refractivity contribution in [2.24, 2.45) is 0 Å². The summed E-state index contributed by atoms with van der Waals surface area (Å²) in [6.45, 7) is 6.08. The molecule has 1 heterocycles. The van der Waals surface area contributed by atoms with Crippen LogP contribution in [0.5, 0.6) is 0 Å². The van der Waals surface area contributed by atoms with Gasteiger partial charge in [-0.2, -0.15) is 0 Å². The highest BCUT2D eigenvalue weighted by atomic mass is 79.9. The Kier molecular flexibility index (Phi) is 6.77. The number of aryl methyl sites for hydroxylation is 3. The van der Waals surface area contributed by atoms with E-state index in [1.165, 1.54) is 17.3 Å². The van der Waals surface area contributed by atoms with Crippen LogP contribution in [-0.4, -0.2) is 26.4 Å². The number of aromatic nitrogens is 3. The molecule has 0 aliphatic rings. The second kappa shape index (κ2) is 9.71. The quantitative estimate of drug-likeness (QED) is 0.309. The molecule has 3 aromatic carbocycles. The van der Waals surface area contributed by atoms with Crippen molar-refractivity contribution in [1.82, 2.24) is 14.8 Å². The third kappa shape index (κ3) is 5.11. The molecular formula is C25H23BrN4OS. The first kappa shape index (κ1) is 22.3. The number of amides is 1. The number of hydrogen-bond donors (Lipinski definition) is 1. The molecule has 162 valence electrons. The van der Waals surface area contributed by atoms with Crippen molar-refractivity contribution in [3.8, 4) is 17.1 Å². The fourth-order valence-electron chi connectivity index (χ4n) is 3.34. The smallest absolute Gasteiger partial charge is 0.234 e. The highest BCUT2D eigenvalue weighted by Crippen LogP contribution is 2.29. The molecule has 7 heteroatoms. The molecule has 0 saturated heterocycles. The SMILES string of the molecule is Cc1ccc(-n2c(SCC(=O)Nc3ccc(Br)cc3C)nnc2-c2cccc(C)c2)cc1. The van der Waals surface area contributed by atoms with Crippen molar-refractivity contribution in [2.75, 3.05) is 11.1 Å². The topological polar surface area (TPSA) is 59.8 Å². The Balaban J connectivity index is 1.60. The zero-order valence-corrected chi connectivity index (χ0v) is 20.5. The van der Waals surface area contributed by atoms with Crippen LogP contribution >= 0.6 is 27.7 Å². The normalized spacial score (nSPS) is 10.9. The van der Waals surface area contributed by atoms with Crippen LogP contribution < -0.4 is 5.32 Å². The second-order valence-electron chi connectivity index (χ2n) is 7.64. The molecule has 1 N–H and O–H groups in total. The van der Waals surface area contributed by atoms with E-state index in [-0.39, 0.29) is 11.7 Å². The average molecular weight is 507 g/mol. The second-order valence-corrected chi connectivity index (χ2v) is 9.50. The number of nitrogens with one attached hydrogen (secondary N) is 1. The summed E-state index contributed by atoms with van der Waals surface area (Å²) in [6.07, 6.45) is 0. The summed E-state index contributed by atoms with van der Waals surface area (Å²) in [5, 5.41) is 12.5. The van der Waals surface area contributed by atoms with E-state index in [2.05, 4.69) is 69.6 Å². The lowest BCUT2D eigenvalue weighted by Gasteiger charge is -2.12. The van der Waals surface area contributed by atoms with Gasteiger partial charge in [0.25, 0.3) is 0 Å². The van der Waals surface area contributed by atoms with Gasteiger partial charge < -0.3 is 5.32 Å². The predicted molar refractivity (Wildman–Crippen MR) is 135 cm³/mol. The van der Waals surface area contributed by atoms with Gasteiger partial charge in [-0.1, -0.05) is 69.2 Å². The van der Waals surface area contributed by atoms with E-state index >= 15 is 0 Å². The maximum atomic E-state index is 12.6. The Morgan fingerprint density at radius 1 is 0.969 bits per heavy atom. The van der Waals surface area contributed by atoms with Gasteiger partial charge in [-0.05, 0) is 62.7 Å². The van der Waals surface area contributed by atoms with Gasteiger partial charge in [0.1, 0.15) is 0 Å². The van der Waals surface area contributed by atoms with Crippen LogP contribution in [0.15, 0.2) is 76.4 Å². The molecule has 0 aliphatic heterocycles. The molecule has 0 radical (unpaired) electrons. The first-order chi connectivity index (χ1) is 15.4. The van der Waals surface area contributed by atoms with E-state index in [0.29, 0.717) is 5.16 Å². The Morgan fingerprint density at radius 2 is 1.75 bits per heavy atom. The standard InChI is InChI=1S/C25H23BrN4OS/c1-16-7-10-21(11-8-16)30-24(19-6-4-5-17(2)13-19)28-29-25(30)32-15-23(31)27-22-12-9-20(26)14-18(22)3/h4-14H,15H2,1-3H3,(H,27,31). The van der Waals surface area contributed by atoms with Gasteiger partial charge in [0.15, 0.2) is 11.0 Å². The first-order valence-electron chi connectivity index (χ1n) is 10.2. The first-order valence-corrected chi connectivity index (χ1v) is 12.0. The summed E-state index contributed by atoms with van der Waals surface area (Å²) in [4.78, 5) is 12.6. The molecule has 1 amide bonds. The maximum absolute atomic E-state index is 12.6. The lowest BCUT2D eigenvalue weighted by Crippen LogP contribution is -2.15. The summed E-state index contributed by atoms with van der Waals surface area (Å²) in [5.74, 6) is 0.896. The van der Waals surface area contributed by atoms with Crippen molar-refractivity contribution in [3.63, 3.8) is 0 Å². The number of rotatable bonds is 6. The number of nitrogens with zero attached hydrogens (tertiary/aromatic N) is 3. The van der Waals surface area contributed by atoms with Crippen LogP contribution in [-0.2, 0) is 4.79 Å². The number of carbonyl (C=O) groups is 1. The Morgan fingerprint density at radius 3 is 2.47 bits per heavy atom. The van der Waals surface area contributed by atoms with E-state index in [4.69, 9.17) is 0 Å². The van der Waals surface area contributed by atoms with Crippen molar-refractivity contribution in [1.29, 1.82) is 0 Å². The van der Waals surface area contributed by atoms with Gasteiger partial charge in [-0.15, -0.1) is 10.2 Å². The van der Waals surface area contributed by atoms with Gasteiger partial charge in [0.2, 0.25) is 5.91 Å². The molecule has 5 nitrogen and oxygen atoms in total. The molecule has 0 bridgehead atoms. The van der Waals surface area contributed by atoms with Crippen molar-refractivity contribution in [2.45, 2.75) is 25.9 Å². The predicted octanol–water partition coefficient (Wildman–Crippen LogP) is 6.35.